The monoisotopic (exact) mass is 251 g/mol. The molecule has 1 heterocycles. The summed E-state index contributed by atoms with van der Waals surface area (Å²) >= 11 is 0. The highest BCUT2D eigenvalue weighted by atomic mass is 16.3. The van der Waals surface area contributed by atoms with Gasteiger partial charge in [0.05, 0.1) is 0 Å². The molecule has 0 N–H and O–H groups in total. The summed E-state index contributed by atoms with van der Waals surface area (Å²) in [7, 11) is 1.74. The number of fused-ring (bicyclic) bond motifs is 1. The Labute approximate surface area is 111 Å². The molecule has 0 spiro atoms. The Balaban J connectivity index is 1.95. The fourth-order valence-corrected chi connectivity index (χ4v) is 2.02. The van der Waals surface area contributed by atoms with Crippen molar-refractivity contribution < 1.29 is 9.21 Å². The minimum atomic E-state index is -0.151. The van der Waals surface area contributed by atoms with Crippen LogP contribution in [0.5, 0.6) is 0 Å². The molecule has 0 atom stereocenters. The third kappa shape index (κ3) is 2.10. The number of rotatable bonds is 2. The first kappa shape index (κ1) is 11.5. The Kier molecular flexibility index (Phi) is 2.80. The van der Waals surface area contributed by atoms with E-state index in [-0.39, 0.29) is 5.91 Å². The first-order chi connectivity index (χ1) is 9.25. The van der Waals surface area contributed by atoms with Gasteiger partial charge in [-0.2, -0.15) is 0 Å². The van der Waals surface area contributed by atoms with Gasteiger partial charge in [-0.05, 0) is 24.3 Å². The molecular weight excluding hydrogens is 238 g/mol. The van der Waals surface area contributed by atoms with Gasteiger partial charge in [-0.25, -0.2) is 0 Å². The molecule has 0 aliphatic heterocycles. The van der Waals surface area contributed by atoms with Crippen molar-refractivity contribution in [2.45, 2.75) is 0 Å². The molecule has 1 amide bonds. The zero-order valence-corrected chi connectivity index (χ0v) is 10.5. The average molecular weight is 251 g/mol. The van der Waals surface area contributed by atoms with Crippen LogP contribution in [0.2, 0.25) is 0 Å². The largest absolute Gasteiger partial charge is 0.451 e. The van der Waals surface area contributed by atoms with Crippen molar-refractivity contribution in [1.29, 1.82) is 0 Å². The highest BCUT2D eigenvalue weighted by molar-refractivity contribution is 6.05. The van der Waals surface area contributed by atoms with Crippen LogP contribution in [-0.2, 0) is 0 Å². The lowest BCUT2D eigenvalue weighted by Gasteiger charge is -2.15. The van der Waals surface area contributed by atoms with Crippen LogP contribution in [0, 0.1) is 0 Å². The highest BCUT2D eigenvalue weighted by Gasteiger charge is 2.17. The first-order valence-electron chi connectivity index (χ1n) is 6.07. The molecule has 3 rings (SSSR count). The molecule has 0 saturated heterocycles. The van der Waals surface area contributed by atoms with E-state index in [1.54, 1.807) is 18.0 Å². The van der Waals surface area contributed by atoms with Gasteiger partial charge in [0, 0.05) is 18.1 Å². The average Bonchev–Trinajstić information content (AvgIpc) is 2.90. The van der Waals surface area contributed by atoms with Crippen LogP contribution in [-0.4, -0.2) is 13.0 Å². The van der Waals surface area contributed by atoms with Crippen LogP contribution in [0.25, 0.3) is 11.0 Å². The van der Waals surface area contributed by atoms with Gasteiger partial charge in [-0.3, -0.25) is 4.79 Å². The topological polar surface area (TPSA) is 33.5 Å². The van der Waals surface area contributed by atoms with E-state index in [4.69, 9.17) is 4.42 Å². The van der Waals surface area contributed by atoms with E-state index in [1.807, 2.05) is 54.6 Å². The molecule has 0 unspecified atom stereocenters. The Bertz CT molecular complexity index is 683. The SMILES string of the molecule is CN(C(=O)c1cc2ccccc2o1)c1ccccc1. The summed E-state index contributed by atoms with van der Waals surface area (Å²) in [5, 5.41) is 0.937. The second-order valence-electron chi connectivity index (χ2n) is 4.35. The quantitative estimate of drug-likeness (QED) is 0.695. The minimum Gasteiger partial charge on any atom is -0.451 e. The molecule has 2 aromatic carbocycles. The molecule has 3 heteroatoms. The van der Waals surface area contributed by atoms with Crippen molar-refractivity contribution in [2.75, 3.05) is 11.9 Å². The molecule has 0 radical (unpaired) electrons. The summed E-state index contributed by atoms with van der Waals surface area (Å²) in [6.07, 6.45) is 0. The van der Waals surface area contributed by atoms with Gasteiger partial charge in [0.25, 0.3) is 5.91 Å². The molecule has 3 aromatic rings. The van der Waals surface area contributed by atoms with E-state index in [1.165, 1.54) is 0 Å². The van der Waals surface area contributed by atoms with Crippen LogP contribution in [0.15, 0.2) is 65.1 Å². The lowest BCUT2D eigenvalue weighted by molar-refractivity contribution is 0.0968. The van der Waals surface area contributed by atoms with Crippen molar-refractivity contribution in [3.05, 3.63) is 66.4 Å². The van der Waals surface area contributed by atoms with Gasteiger partial charge >= 0.3 is 0 Å². The maximum Gasteiger partial charge on any atom is 0.293 e. The number of hydrogen-bond acceptors (Lipinski definition) is 2. The molecule has 0 saturated carbocycles. The maximum atomic E-state index is 12.3. The molecule has 94 valence electrons. The third-order valence-electron chi connectivity index (χ3n) is 3.08. The number of furan rings is 1. The van der Waals surface area contributed by atoms with E-state index < -0.39 is 0 Å². The standard InChI is InChI=1S/C16H13NO2/c1-17(13-8-3-2-4-9-13)16(18)15-11-12-7-5-6-10-14(12)19-15/h2-11H,1H3. The van der Waals surface area contributed by atoms with Gasteiger partial charge in [-0.15, -0.1) is 0 Å². The number of para-hydroxylation sites is 2. The van der Waals surface area contributed by atoms with Gasteiger partial charge < -0.3 is 9.32 Å². The van der Waals surface area contributed by atoms with Crippen molar-refractivity contribution in [1.82, 2.24) is 0 Å². The van der Waals surface area contributed by atoms with Crippen molar-refractivity contribution in [2.24, 2.45) is 0 Å². The second kappa shape index (κ2) is 4.61. The van der Waals surface area contributed by atoms with Crippen molar-refractivity contribution in [3.8, 4) is 0 Å². The second-order valence-corrected chi connectivity index (χ2v) is 4.35. The van der Waals surface area contributed by atoms with Crippen LogP contribution in [0.4, 0.5) is 5.69 Å². The molecule has 3 nitrogen and oxygen atoms in total. The molecule has 19 heavy (non-hydrogen) atoms. The van der Waals surface area contributed by atoms with E-state index >= 15 is 0 Å². The van der Waals surface area contributed by atoms with Crippen molar-refractivity contribution >= 4 is 22.6 Å². The third-order valence-corrected chi connectivity index (χ3v) is 3.08. The Morgan fingerprint density at radius 1 is 1.00 bits per heavy atom. The predicted molar refractivity (Wildman–Crippen MR) is 75.4 cm³/mol. The molecule has 1 aromatic heterocycles. The summed E-state index contributed by atoms with van der Waals surface area (Å²) in [6.45, 7) is 0. The zero-order chi connectivity index (χ0) is 13.2. The molecule has 0 aliphatic rings. The Hall–Kier alpha value is -2.55. The lowest BCUT2D eigenvalue weighted by atomic mass is 10.2. The van der Waals surface area contributed by atoms with Gasteiger partial charge in [0.15, 0.2) is 5.76 Å². The van der Waals surface area contributed by atoms with E-state index in [9.17, 15) is 4.79 Å². The highest BCUT2D eigenvalue weighted by Crippen LogP contribution is 2.21. The molecule has 0 bridgehead atoms. The lowest BCUT2D eigenvalue weighted by Crippen LogP contribution is -2.25. The molecule has 0 aliphatic carbocycles. The van der Waals surface area contributed by atoms with Crippen LogP contribution in [0.1, 0.15) is 10.6 Å². The smallest absolute Gasteiger partial charge is 0.293 e. The number of benzene rings is 2. The number of amides is 1. The van der Waals surface area contributed by atoms with Gasteiger partial charge in [0.2, 0.25) is 0 Å². The Morgan fingerprint density at radius 3 is 2.42 bits per heavy atom. The van der Waals surface area contributed by atoms with Crippen molar-refractivity contribution in [3.63, 3.8) is 0 Å². The fourth-order valence-electron chi connectivity index (χ4n) is 2.02. The molecular formula is C16H13NO2. The van der Waals surface area contributed by atoms with Gasteiger partial charge in [0.1, 0.15) is 5.58 Å². The predicted octanol–water partition coefficient (Wildman–Crippen LogP) is 3.71. The Morgan fingerprint density at radius 2 is 1.68 bits per heavy atom. The normalized spacial score (nSPS) is 10.6. The summed E-state index contributed by atoms with van der Waals surface area (Å²) < 4.78 is 5.58. The summed E-state index contributed by atoms with van der Waals surface area (Å²) in [5.41, 5.74) is 1.57. The maximum absolute atomic E-state index is 12.3. The summed E-state index contributed by atoms with van der Waals surface area (Å²) in [6, 6.07) is 18.9. The fraction of sp³-hybridized carbons (Fsp3) is 0.0625. The molecule has 0 fully saturated rings. The zero-order valence-electron chi connectivity index (χ0n) is 10.5. The van der Waals surface area contributed by atoms with Crippen LogP contribution >= 0.6 is 0 Å². The van der Waals surface area contributed by atoms with Gasteiger partial charge in [-0.1, -0.05) is 36.4 Å². The minimum absolute atomic E-state index is 0.151. The number of nitrogens with zero attached hydrogens (tertiary/aromatic N) is 1. The number of carbonyl (C=O) groups is 1. The van der Waals surface area contributed by atoms with E-state index in [2.05, 4.69) is 0 Å². The van der Waals surface area contributed by atoms with Crippen LogP contribution < -0.4 is 4.90 Å². The van der Waals surface area contributed by atoms with E-state index in [0.717, 1.165) is 16.7 Å². The van der Waals surface area contributed by atoms with Crippen LogP contribution in [0.3, 0.4) is 0 Å². The summed E-state index contributed by atoms with van der Waals surface area (Å²) in [4.78, 5) is 13.9. The van der Waals surface area contributed by atoms with E-state index in [0.29, 0.717) is 5.76 Å². The first-order valence-corrected chi connectivity index (χ1v) is 6.07. The summed E-state index contributed by atoms with van der Waals surface area (Å²) in [5.74, 6) is 0.204. The number of anilines is 1. The number of hydrogen-bond donors (Lipinski definition) is 0. The number of carbonyl (C=O) groups excluding carboxylic acids is 1.